The molecule has 62 valence electrons. The summed E-state index contributed by atoms with van der Waals surface area (Å²) in [5.41, 5.74) is 1.30. The molecule has 3 heteroatoms. The topological polar surface area (TPSA) is 20.7 Å². The lowest BCUT2D eigenvalue weighted by molar-refractivity contribution is 0.729. The number of unbranched alkanes of at least 4 members (excludes halogenated alkanes) is 1. The van der Waals surface area contributed by atoms with Gasteiger partial charge in [0.25, 0.3) is 0 Å². The summed E-state index contributed by atoms with van der Waals surface area (Å²) in [7, 11) is 2.00. The maximum Gasteiger partial charge on any atom is 0.177 e. The van der Waals surface area contributed by atoms with Gasteiger partial charge in [0.1, 0.15) is 0 Å². The molecular formula is C8H14N2S. The number of aromatic amines is 1. The Labute approximate surface area is 72.3 Å². The second-order valence-electron chi connectivity index (χ2n) is 2.75. The van der Waals surface area contributed by atoms with E-state index in [9.17, 15) is 0 Å². The monoisotopic (exact) mass is 170 g/mol. The van der Waals surface area contributed by atoms with Crippen LogP contribution in [0.3, 0.4) is 0 Å². The number of H-pyrrole nitrogens is 1. The summed E-state index contributed by atoms with van der Waals surface area (Å²) in [4.78, 5) is 3.02. The van der Waals surface area contributed by atoms with Gasteiger partial charge in [-0.2, -0.15) is 0 Å². The average molecular weight is 170 g/mol. The molecule has 1 heterocycles. The summed E-state index contributed by atoms with van der Waals surface area (Å²) < 4.78 is 2.85. The predicted molar refractivity (Wildman–Crippen MR) is 49.2 cm³/mol. The molecule has 2 nitrogen and oxygen atoms in total. The van der Waals surface area contributed by atoms with Crippen molar-refractivity contribution in [2.24, 2.45) is 7.05 Å². The standard InChI is InChI=1S/C8H14N2S/c1-3-4-5-7-6-9-8(11)10(7)2/h6H,3-5H2,1-2H3,(H,9,11). The first-order chi connectivity index (χ1) is 5.25. The molecule has 1 aromatic rings. The smallest absolute Gasteiger partial charge is 0.177 e. The normalized spacial score (nSPS) is 10.4. The molecule has 0 aliphatic rings. The van der Waals surface area contributed by atoms with Crippen LogP contribution in [0, 0.1) is 4.77 Å². The fraction of sp³-hybridized carbons (Fsp3) is 0.625. The molecule has 0 amide bonds. The maximum absolute atomic E-state index is 5.03. The molecule has 0 aliphatic carbocycles. The van der Waals surface area contributed by atoms with Crippen molar-refractivity contribution in [3.8, 4) is 0 Å². The molecule has 1 rings (SSSR count). The lowest BCUT2D eigenvalue weighted by Crippen LogP contribution is -1.95. The number of hydrogen-bond donors (Lipinski definition) is 1. The van der Waals surface area contributed by atoms with Gasteiger partial charge in [-0.25, -0.2) is 0 Å². The molecule has 0 bridgehead atoms. The molecule has 0 saturated carbocycles. The van der Waals surface area contributed by atoms with E-state index in [2.05, 4.69) is 11.9 Å². The second kappa shape index (κ2) is 3.72. The molecule has 11 heavy (non-hydrogen) atoms. The summed E-state index contributed by atoms with van der Waals surface area (Å²) in [5.74, 6) is 0. The summed E-state index contributed by atoms with van der Waals surface area (Å²) >= 11 is 5.03. The van der Waals surface area contributed by atoms with E-state index in [1.165, 1.54) is 18.5 Å². The number of nitrogens with zero attached hydrogens (tertiary/aromatic N) is 1. The predicted octanol–water partition coefficient (Wildman–Crippen LogP) is 2.43. The first-order valence-corrected chi connectivity index (χ1v) is 4.39. The summed E-state index contributed by atoms with van der Waals surface area (Å²) in [5, 5.41) is 0. The number of hydrogen-bond acceptors (Lipinski definition) is 1. The quantitative estimate of drug-likeness (QED) is 0.691. The summed E-state index contributed by atoms with van der Waals surface area (Å²) in [6.07, 6.45) is 5.59. The van der Waals surface area contributed by atoms with Crippen LogP contribution >= 0.6 is 12.2 Å². The minimum absolute atomic E-state index is 0.816. The van der Waals surface area contributed by atoms with Crippen molar-refractivity contribution >= 4 is 12.2 Å². The van der Waals surface area contributed by atoms with Crippen LogP contribution in [0.25, 0.3) is 0 Å². The largest absolute Gasteiger partial charge is 0.337 e. The van der Waals surface area contributed by atoms with E-state index < -0.39 is 0 Å². The van der Waals surface area contributed by atoms with E-state index in [4.69, 9.17) is 12.2 Å². The van der Waals surface area contributed by atoms with E-state index >= 15 is 0 Å². The third-order valence-corrected chi connectivity index (χ3v) is 2.28. The Morgan fingerprint density at radius 2 is 2.36 bits per heavy atom. The van der Waals surface area contributed by atoms with E-state index in [-0.39, 0.29) is 0 Å². The number of aromatic nitrogens is 2. The van der Waals surface area contributed by atoms with Crippen molar-refractivity contribution in [3.63, 3.8) is 0 Å². The molecular weight excluding hydrogens is 156 g/mol. The van der Waals surface area contributed by atoms with Crippen molar-refractivity contribution in [2.45, 2.75) is 26.2 Å². The molecule has 0 atom stereocenters. The minimum Gasteiger partial charge on any atom is -0.337 e. The number of nitrogens with one attached hydrogen (secondary N) is 1. The first-order valence-electron chi connectivity index (χ1n) is 3.99. The van der Waals surface area contributed by atoms with Crippen LogP contribution < -0.4 is 0 Å². The number of rotatable bonds is 3. The zero-order valence-corrected chi connectivity index (χ0v) is 7.87. The average Bonchev–Trinajstić information content (AvgIpc) is 2.31. The van der Waals surface area contributed by atoms with Gasteiger partial charge in [-0.05, 0) is 25.1 Å². The molecule has 0 unspecified atom stereocenters. The highest BCUT2D eigenvalue weighted by molar-refractivity contribution is 7.71. The van der Waals surface area contributed by atoms with Gasteiger partial charge in [0, 0.05) is 18.9 Å². The van der Waals surface area contributed by atoms with Gasteiger partial charge in [0.05, 0.1) is 0 Å². The van der Waals surface area contributed by atoms with E-state index in [1.807, 2.05) is 17.8 Å². The fourth-order valence-electron chi connectivity index (χ4n) is 1.07. The lowest BCUT2D eigenvalue weighted by Gasteiger charge is -1.98. The van der Waals surface area contributed by atoms with Crippen LogP contribution in [0.2, 0.25) is 0 Å². The van der Waals surface area contributed by atoms with Crippen molar-refractivity contribution in [2.75, 3.05) is 0 Å². The van der Waals surface area contributed by atoms with Crippen molar-refractivity contribution in [1.82, 2.24) is 9.55 Å². The summed E-state index contributed by atoms with van der Waals surface area (Å²) in [6, 6.07) is 0. The first kappa shape index (κ1) is 8.53. The van der Waals surface area contributed by atoms with Gasteiger partial charge in [-0.3, -0.25) is 0 Å². The minimum atomic E-state index is 0.816. The highest BCUT2D eigenvalue weighted by Crippen LogP contribution is 2.03. The number of aryl methyl sites for hydroxylation is 1. The van der Waals surface area contributed by atoms with Crippen LogP contribution in [0.15, 0.2) is 6.20 Å². The Bertz CT molecular complexity index is 272. The SMILES string of the molecule is CCCCc1c[nH]c(=S)n1C. The highest BCUT2D eigenvalue weighted by atomic mass is 32.1. The van der Waals surface area contributed by atoms with E-state index in [1.54, 1.807) is 0 Å². The van der Waals surface area contributed by atoms with Crippen LogP contribution in [0.1, 0.15) is 25.5 Å². The third kappa shape index (κ3) is 1.93. The summed E-state index contributed by atoms with van der Waals surface area (Å²) in [6.45, 7) is 2.20. The van der Waals surface area contributed by atoms with Gasteiger partial charge in [0.2, 0.25) is 0 Å². The lowest BCUT2D eigenvalue weighted by atomic mass is 10.2. The van der Waals surface area contributed by atoms with Gasteiger partial charge in [-0.15, -0.1) is 0 Å². The van der Waals surface area contributed by atoms with Crippen molar-refractivity contribution in [1.29, 1.82) is 0 Å². The molecule has 0 fully saturated rings. The van der Waals surface area contributed by atoms with Gasteiger partial charge < -0.3 is 9.55 Å². The van der Waals surface area contributed by atoms with Crippen LogP contribution in [0.4, 0.5) is 0 Å². The fourth-order valence-corrected chi connectivity index (χ4v) is 1.24. The molecule has 0 saturated heterocycles. The van der Waals surface area contributed by atoms with Crippen molar-refractivity contribution < 1.29 is 0 Å². The van der Waals surface area contributed by atoms with Crippen LogP contribution in [-0.4, -0.2) is 9.55 Å². The van der Waals surface area contributed by atoms with E-state index in [0.717, 1.165) is 11.2 Å². The highest BCUT2D eigenvalue weighted by Gasteiger charge is 1.97. The van der Waals surface area contributed by atoms with Crippen LogP contribution in [-0.2, 0) is 13.5 Å². The molecule has 0 radical (unpaired) electrons. The zero-order chi connectivity index (χ0) is 8.27. The van der Waals surface area contributed by atoms with Gasteiger partial charge in [0.15, 0.2) is 4.77 Å². The Balaban J connectivity index is 2.71. The Kier molecular flexibility index (Phi) is 2.88. The Hall–Kier alpha value is -0.570. The van der Waals surface area contributed by atoms with Gasteiger partial charge in [-0.1, -0.05) is 13.3 Å². The second-order valence-corrected chi connectivity index (χ2v) is 3.13. The third-order valence-electron chi connectivity index (χ3n) is 1.88. The van der Waals surface area contributed by atoms with Gasteiger partial charge >= 0.3 is 0 Å². The van der Waals surface area contributed by atoms with Crippen molar-refractivity contribution in [3.05, 3.63) is 16.7 Å². The Morgan fingerprint density at radius 1 is 1.64 bits per heavy atom. The van der Waals surface area contributed by atoms with Crippen LogP contribution in [0.5, 0.6) is 0 Å². The van der Waals surface area contributed by atoms with E-state index in [0.29, 0.717) is 0 Å². The number of imidazole rings is 1. The molecule has 1 N–H and O–H groups in total. The maximum atomic E-state index is 5.03. The molecule has 0 spiro atoms. The molecule has 1 aromatic heterocycles. The Morgan fingerprint density at radius 3 is 2.82 bits per heavy atom. The molecule has 0 aromatic carbocycles. The molecule has 0 aliphatic heterocycles. The zero-order valence-electron chi connectivity index (χ0n) is 7.05.